The number of nitrogens with zero attached hydrogens (tertiary/aromatic N) is 8. The molecule has 0 amide bonds. The van der Waals surface area contributed by atoms with E-state index >= 15 is 0 Å². The van der Waals surface area contributed by atoms with Crippen LogP contribution in [-0.4, -0.2) is 28.2 Å². The zero-order valence-electron chi connectivity index (χ0n) is 32.9. The van der Waals surface area contributed by atoms with E-state index in [2.05, 4.69) is 186 Å². The van der Waals surface area contributed by atoms with Crippen molar-refractivity contribution in [2.75, 3.05) is 0 Å². The van der Waals surface area contributed by atoms with Crippen molar-refractivity contribution in [3.8, 4) is 34.9 Å². The molecule has 0 aliphatic heterocycles. The molecule has 0 spiro atoms. The lowest BCUT2D eigenvalue weighted by Gasteiger charge is -2.27. The van der Waals surface area contributed by atoms with Crippen LogP contribution in [0.1, 0.15) is 11.1 Å². The normalized spacial score (nSPS) is 11.8. The zero-order valence-corrected chi connectivity index (χ0v) is 32.9. The predicted octanol–water partition coefficient (Wildman–Crippen LogP) is 12.6. The van der Waals surface area contributed by atoms with E-state index < -0.39 is 0 Å². The summed E-state index contributed by atoms with van der Waals surface area (Å²) < 4.78 is 8.87. The lowest BCUT2D eigenvalue weighted by atomic mass is 9.98. The van der Waals surface area contributed by atoms with Gasteiger partial charge in [0.25, 0.3) is 0 Å². The van der Waals surface area contributed by atoms with E-state index in [4.69, 9.17) is 0 Å². The van der Waals surface area contributed by atoms with Gasteiger partial charge in [-0.2, -0.15) is 10.5 Å². The van der Waals surface area contributed by atoms with Crippen molar-refractivity contribution in [1.29, 1.82) is 10.5 Å². The minimum absolute atomic E-state index is 0.349. The number of pyridine rings is 2. The highest BCUT2D eigenvalue weighted by Crippen LogP contribution is 2.48. The lowest BCUT2D eigenvalue weighted by molar-refractivity contribution is 1.02. The molecular formula is C54H30N8. The minimum atomic E-state index is 0.349. The van der Waals surface area contributed by atoms with Gasteiger partial charge < -0.3 is 18.3 Å². The Morgan fingerprint density at radius 1 is 0.290 bits per heavy atom. The molecule has 0 atom stereocenters. The van der Waals surface area contributed by atoms with Crippen LogP contribution in [0.2, 0.25) is 0 Å². The smallest absolute Gasteiger partial charge is 0.104 e. The summed E-state index contributed by atoms with van der Waals surface area (Å²) >= 11 is 0. The van der Waals surface area contributed by atoms with Crippen molar-refractivity contribution < 1.29 is 0 Å². The van der Waals surface area contributed by atoms with Crippen LogP contribution >= 0.6 is 0 Å². The fraction of sp³-hybridized carbons (Fsp3) is 0. The Morgan fingerprint density at radius 3 is 0.855 bits per heavy atom. The van der Waals surface area contributed by atoms with Gasteiger partial charge in [-0.3, -0.25) is 9.97 Å². The van der Waals surface area contributed by atoms with Crippen LogP contribution in [0.5, 0.6) is 0 Å². The summed E-state index contributed by atoms with van der Waals surface area (Å²) in [6, 6.07) is 59.8. The molecule has 8 nitrogen and oxygen atoms in total. The summed E-state index contributed by atoms with van der Waals surface area (Å²) in [5.74, 6) is 0. The van der Waals surface area contributed by atoms with E-state index in [0.29, 0.717) is 33.9 Å². The predicted molar refractivity (Wildman–Crippen MR) is 249 cm³/mol. The van der Waals surface area contributed by atoms with Crippen LogP contribution in [0, 0.1) is 22.7 Å². The van der Waals surface area contributed by atoms with Gasteiger partial charge in [0.1, 0.15) is 23.3 Å². The average Bonchev–Trinajstić information content (AvgIpc) is 4.06. The number of para-hydroxylation sites is 6. The molecule has 6 heterocycles. The average molecular weight is 791 g/mol. The Labute approximate surface area is 353 Å². The molecule has 0 aliphatic rings. The number of fused-ring (bicyclic) bond motifs is 12. The Kier molecular flexibility index (Phi) is 6.98. The van der Waals surface area contributed by atoms with Crippen molar-refractivity contribution in [1.82, 2.24) is 28.2 Å². The highest BCUT2D eigenvalue weighted by Gasteiger charge is 2.34. The molecule has 0 radical (unpaired) electrons. The molecule has 6 aromatic heterocycles. The highest BCUT2D eigenvalue weighted by atomic mass is 15.1. The first-order chi connectivity index (χ1) is 30.8. The van der Waals surface area contributed by atoms with Gasteiger partial charge in [-0.05, 0) is 48.5 Å². The van der Waals surface area contributed by atoms with Crippen molar-refractivity contribution in [3.05, 3.63) is 194 Å². The van der Waals surface area contributed by atoms with Crippen molar-refractivity contribution in [2.45, 2.75) is 0 Å². The molecule has 0 saturated heterocycles. The van der Waals surface area contributed by atoms with Gasteiger partial charge >= 0.3 is 0 Å². The van der Waals surface area contributed by atoms with Gasteiger partial charge in [-0.1, -0.05) is 109 Å². The number of benzene rings is 7. The number of hydrogen-bond acceptors (Lipinski definition) is 4. The van der Waals surface area contributed by atoms with Gasteiger partial charge in [0.2, 0.25) is 0 Å². The molecule has 13 rings (SSSR count). The molecule has 0 unspecified atom stereocenters. The number of hydrogen-bond donors (Lipinski definition) is 0. The maximum absolute atomic E-state index is 12.1. The van der Waals surface area contributed by atoms with Gasteiger partial charge in [0, 0.05) is 67.9 Å². The van der Waals surface area contributed by atoms with Gasteiger partial charge in [-0.15, -0.1) is 0 Å². The maximum atomic E-state index is 12.1. The molecule has 8 heteroatoms. The maximum Gasteiger partial charge on any atom is 0.104 e. The van der Waals surface area contributed by atoms with Crippen LogP contribution in [0.4, 0.5) is 0 Å². The zero-order chi connectivity index (χ0) is 41.1. The third-order valence-electron chi connectivity index (χ3n) is 12.6. The largest absolute Gasteiger partial charge is 0.306 e. The van der Waals surface area contributed by atoms with Crippen LogP contribution in [0.25, 0.3) is 110 Å². The van der Waals surface area contributed by atoms with E-state index in [0.717, 1.165) is 87.2 Å². The lowest BCUT2D eigenvalue weighted by Crippen LogP contribution is -2.16. The second kappa shape index (κ2) is 12.8. The van der Waals surface area contributed by atoms with Gasteiger partial charge in [0.05, 0.1) is 66.9 Å². The van der Waals surface area contributed by atoms with E-state index in [9.17, 15) is 10.5 Å². The summed E-state index contributed by atoms with van der Waals surface area (Å²) in [4.78, 5) is 9.06. The first kappa shape index (κ1) is 33.9. The first-order valence-electron chi connectivity index (χ1n) is 20.4. The monoisotopic (exact) mass is 790 g/mol. The second-order valence-electron chi connectivity index (χ2n) is 15.6. The molecule has 0 bridgehead atoms. The second-order valence-corrected chi connectivity index (χ2v) is 15.6. The fourth-order valence-electron chi connectivity index (χ4n) is 10.2. The molecule has 7 aromatic carbocycles. The molecular weight excluding hydrogens is 761 g/mol. The Balaban J connectivity index is 1.40. The summed E-state index contributed by atoms with van der Waals surface area (Å²) in [6.45, 7) is 0. The van der Waals surface area contributed by atoms with Crippen molar-refractivity contribution in [3.63, 3.8) is 0 Å². The van der Waals surface area contributed by atoms with Gasteiger partial charge in [0.15, 0.2) is 0 Å². The van der Waals surface area contributed by atoms with E-state index in [1.165, 1.54) is 0 Å². The molecule has 62 heavy (non-hydrogen) atoms. The van der Waals surface area contributed by atoms with E-state index in [1.807, 2.05) is 24.5 Å². The Hall–Kier alpha value is -8.98. The number of rotatable bonds is 4. The van der Waals surface area contributed by atoms with Crippen LogP contribution in [-0.2, 0) is 0 Å². The van der Waals surface area contributed by atoms with Gasteiger partial charge in [-0.25, -0.2) is 0 Å². The minimum Gasteiger partial charge on any atom is -0.306 e. The fourth-order valence-corrected chi connectivity index (χ4v) is 10.2. The van der Waals surface area contributed by atoms with E-state index in [1.54, 1.807) is 12.4 Å². The van der Waals surface area contributed by atoms with Crippen LogP contribution in [0.15, 0.2) is 183 Å². The van der Waals surface area contributed by atoms with Crippen molar-refractivity contribution >= 4 is 87.2 Å². The topological polar surface area (TPSA) is 93.1 Å². The number of aromatic nitrogens is 6. The summed E-state index contributed by atoms with van der Waals surface area (Å²) in [5.41, 5.74) is 10.5. The van der Waals surface area contributed by atoms with E-state index in [-0.39, 0.29) is 0 Å². The SMILES string of the molecule is N#Cc1c(-n2c3ccncc3c3cnccc32)c(C#N)c(-n2c3ccccc3c3ccccc32)c(-n2c3ccccc3c3ccccc32)c1-n1c2ccccc2c2ccccc21. The van der Waals surface area contributed by atoms with Crippen molar-refractivity contribution in [2.24, 2.45) is 0 Å². The molecule has 13 aromatic rings. The summed E-state index contributed by atoms with van der Waals surface area (Å²) in [5, 5.41) is 32.3. The third kappa shape index (κ3) is 4.36. The third-order valence-corrected chi connectivity index (χ3v) is 12.6. The molecule has 0 aliphatic carbocycles. The molecule has 0 saturated carbocycles. The quantitative estimate of drug-likeness (QED) is 0.177. The highest BCUT2D eigenvalue weighted by molar-refractivity contribution is 6.15. The standard InChI is InChI=1S/C54H30N8/c55-29-39-51(59-49-25-27-57-31-41(49)42-32-58-28-26-50(42)59)40(30-56)53(61-45-21-9-3-15-35(45)36-16-4-10-22-46(36)61)54(62-47-23-11-5-17-37(47)38-18-6-12-24-48(38)62)52(39)60-43-19-7-1-13-33(43)34-14-2-8-20-44(34)60/h1-28,31-32H. The first-order valence-corrected chi connectivity index (χ1v) is 20.4. The molecule has 0 N–H and O–H groups in total. The summed E-state index contributed by atoms with van der Waals surface area (Å²) in [6.07, 6.45) is 7.19. The summed E-state index contributed by atoms with van der Waals surface area (Å²) in [7, 11) is 0. The van der Waals surface area contributed by atoms with Crippen LogP contribution < -0.4 is 0 Å². The molecule has 0 fully saturated rings. The Morgan fingerprint density at radius 2 is 0.548 bits per heavy atom. The Bertz CT molecular complexity index is 3780. The van der Waals surface area contributed by atoms with Crippen LogP contribution in [0.3, 0.4) is 0 Å². The molecule has 286 valence electrons. The number of nitriles is 2.